The minimum atomic E-state index is -0.293. The highest BCUT2D eigenvalue weighted by Crippen LogP contribution is 2.25. The summed E-state index contributed by atoms with van der Waals surface area (Å²) >= 11 is 0. The van der Waals surface area contributed by atoms with Gasteiger partial charge < -0.3 is 10.6 Å². The summed E-state index contributed by atoms with van der Waals surface area (Å²) in [5, 5.41) is 5.29. The van der Waals surface area contributed by atoms with Crippen molar-refractivity contribution in [3.05, 3.63) is 29.8 Å². The standard InChI is InChI=1S/C15H18N2O3/c1-10(18)12-6-3-7-13(8-12)17-14(19)9-16-15(20)11-4-2-5-11/h3,6-8,11H,2,4-5,9H2,1H3,(H,16,20)(H,17,19). The van der Waals surface area contributed by atoms with E-state index in [0.29, 0.717) is 11.3 Å². The number of ketones is 1. The third kappa shape index (κ3) is 3.66. The molecule has 0 heterocycles. The first-order chi connectivity index (χ1) is 9.56. The van der Waals surface area contributed by atoms with Gasteiger partial charge in [0.15, 0.2) is 5.78 Å². The number of hydrogen-bond donors (Lipinski definition) is 2. The number of rotatable bonds is 5. The lowest BCUT2D eigenvalue weighted by atomic mass is 9.85. The third-order valence-electron chi connectivity index (χ3n) is 3.45. The number of hydrogen-bond acceptors (Lipinski definition) is 3. The summed E-state index contributed by atoms with van der Waals surface area (Å²) < 4.78 is 0. The molecule has 20 heavy (non-hydrogen) atoms. The lowest BCUT2D eigenvalue weighted by molar-refractivity contribution is -0.129. The first kappa shape index (κ1) is 14.2. The first-order valence-electron chi connectivity index (χ1n) is 6.75. The van der Waals surface area contributed by atoms with Crippen molar-refractivity contribution in [2.45, 2.75) is 26.2 Å². The van der Waals surface area contributed by atoms with Gasteiger partial charge in [-0.25, -0.2) is 0 Å². The van der Waals surface area contributed by atoms with Crippen molar-refractivity contribution in [1.82, 2.24) is 5.32 Å². The second kappa shape index (κ2) is 6.32. The molecule has 2 rings (SSSR count). The maximum Gasteiger partial charge on any atom is 0.243 e. The van der Waals surface area contributed by atoms with Gasteiger partial charge in [-0.1, -0.05) is 18.6 Å². The topological polar surface area (TPSA) is 75.3 Å². The van der Waals surface area contributed by atoms with Crippen molar-refractivity contribution in [1.29, 1.82) is 0 Å². The van der Waals surface area contributed by atoms with Gasteiger partial charge in [0.05, 0.1) is 6.54 Å². The van der Waals surface area contributed by atoms with Crippen molar-refractivity contribution in [3.63, 3.8) is 0 Å². The van der Waals surface area contributed by atoms with Crippen LogP contribution in [-0.2, 0) is 9.59 Å². The van der Waals surface area contributed by atoms with Crippen LogP contribution >= 0.6 is 0 Å². The van der Waals surface area contributed by atoms with Crippen LogP contribution in [0.25, 0.3) is 0 Å². The Morgan fingerprint density at radius 1 is 1.25 bits per heavy atom. The zero-order chi connectivity index (χ0) is 14.5. The van der Waals surface area contributed by atoms with Crippen LogP contribution in [0.15, 0.2) is 24.3 Å². The summed E-state index contributed by atoms with van der Waals surface area (Å²) in [5.74, 6) is -0.328. The molecule has 106 valence electrons. The molecule has 2 N–H and O–H groups in total. The molecule has 0 radical (unpaired) electrons. The lowest BCUT2D eigenvalue weighted by Gasteiger charge is -2.23. The van der Waals surface area contributed by atoms with Crippen LogP contribution in [0.2, 0.25) is 0 Å². The smallest absolute Gasteiger partial charge is 0.243 e. The number of Topliss-reactive ketones (excluding diaryl/α,β-unsaturated/α-hetero) is 1. The Kier molecular flexibility index (Phi) is 4.50. The van der Waals surface area contributed by atoms with Gasteiger partial charge in [-0.15, -0.1) is 0 Å². The second-order valence-corrected chi connectivity index (χ2v) is 5.03. The summed E-state index contributed by atoms with van der Waals surface area (Å²) in [6.45, 7) is 1.43. The minimum Gasteiger partial charge on any atom is -0.347 e. The van der Waals surface area contributed by atoms with Crippen LogP contribution < -0.4 is 10.6 Å². The molecule has 5 heteroatoms. The predicted octanol–water partition coefficient (Wildman–Crippen LogP) is 1.74. The summed E-state index contributed by atoms with van der Waals surface area (Å²) in [6, 6.07) is 6.72. The molecule has 0 bridgehead atoms. The van der Waals surface area contributed by atoms with Gasteiger partial charge in [0, 0.05) is 17.2 Å². The van der Waals surface area contributed by atoms with Gasteiger partial charge in [0.2, 0.25) is 11.8 Å². The maximum absolute atomic E-state index is 11.7. The molecule has 1 fully saturated rings. The summed E-state index contributed by atoms with van der Waals surface area (Å²) in [5.41, 5.74) is 1.10. The van der Waals surface area contributed by atoms with Gasteiger partial charge in [-0.05, 0) is 31.9 Å². The van der Waals surface area contributed by atoms with Gasteiger partial charge in [0.25, 0.3) is 0 Å². The Morgan fingerprint density at radius 3 is 2.60 bits per heavy atom. The maximum atomic E-state index is 11.7. The van der Waals surface area contributed by atoms with Crippen molar-refractivity contribution in [2.75, 3.05) is 11.9 Å². The molecule has 1 aromatic carbocycles. The van der Waals surface area contributed by atoms with E-state index in [9.17, 15) is 14.4 Å². The van der Waals surface area contributed by atoms with E-state index < -0.39 is 0 Å². The van der Waals surface area contributed by atoms with E-state index >= 15 is 0 Å². The first-order valence-corrected chi connectivity index (χ1v) is 6.75. The van der Waals surface area contributed by atoms with E-state index in [4.69, 9.17) is 0 Å². The summed E-state index contributed by atoms with van der Waals surface area (Å²) in [6.07, 6.45) is 2.91. The number of amides is 2. The largest absolute Gasteiger partial charge is 0.347 e. The van der Waals surface area contributed by atoms with Gasteiger partial charge in [0.1, 0.15) is 0 Å². The molecule has 1 aromatic rings. The van der Waals surface area contributed by atoms with Crippen molar-refractivity contribution in [2.24, 2.45) is 5.92 Å². The SMILES string of the molecule is CC(=O)c1cccc(NC(=O)CNC(=O)C2CCC2)c1. The van der Waals surface area contributed by atoms with E-state index in [1.165, 1.54) is 6.92 Å². The van der Waals surface area contributed by atoms with Crippen molar-refractivity contribution in [3.8, 4) is 0 Å². The predicted molar refractivity (Wildman–Crippen MR) is 75.4 cm³/mol. The normalized spacial score (nSPS) is 14.2. The van der Waals surface area contributed by atoms with E-state index in [0.717, 1.165) is 19.3 Å². The molecule has 0 saturated heterocycles. The second-order valence-electron chi connectivity index (χ2n) is 5.03. The Bertz CT molecular complexity index is 536. The van der Waals surface area contributed by atoms with Crippen LogP contribution in [0.5, 0.6) is 0 Å². The highest BCUT2D eigenvalue weighted by molar-refractivity contribution is 5.98. The molecule has 0 aromatic heterocycles. The molecule has 0 aliphatic heterocycles. The Hall–Kier alpha value is -2.17. The monoisotopic (exact) mass is 274 g/mol. The highest BCUT2D eigenvalue weighted by atomic mass is 16.2. The zero-order valence-electron chi connectivity index (χ0n) is 11.4. The van der Waals surface area contributed by atoms with Crippen LogP contribution in [0.3, 0.4) is 0 Å². The third-order valence-corrected chi connectivity index (χ3v) is 3.45. The fourth-order valence-electron chi connectivity index (χ4n) is 2.00. The fourth-order valence-corrected chi connectivity index (χ4v) is 2.00. The quantitative estimate of drug-likeness (QED) is 0.803. The molecule has 0 atom stereocenters. The van der Waals surface area contributed by atoms with Crippen LogP contribution in [0, 0.1) is 5.92 Å². The molecule has 1 aliphatic carbocycles. The lowest BCUT2D eigenvalue weighted by Crippen LogP contribution is -2.39. The van der Waals surface area contributed by atoms with Crippen LogP contribution in [-0.4, -0.2) is 24.1 Å². The van der Waals surface area contributed by atoms with Crippen LogP contribution in [0.4, 0.5) is 5.69 Å². The average Bonchev–Trinajstić information content (AvgIpc) is 2.34. The molecule has 1 saturated carbocycles. The fraction of sp³-hybridized carbons (Fsp3) is 0.400. The van der Waals surface area contributed by atoms with E-state index in [2.05, 4.69) is 10.6 Å². The van der Waals surface area contributed by atoms with E-state index in [1.54, 1.807) is 24.3 Å². The minimum absolute atomic E-state index is 0.0420. The molecular formula is C15H18N2O3. The zero-order valence-corrected chi connectivity index (χ0v) is 11.4. The van der Waals surface area contributed by atoms with Crippen molar-refractivity contribution >= 4 is 23.3 Å². The summed E-state index contributed by atoms with van der Waals surface area (Å²) in [7, 11) is 0. The highest BCUT2D eigenvalue weighted by Gasteiger charge is 2.25. The average molecular weight is 274 g/mol. The van der Waals surface area contributed by atoms with E-state index in [-0.39, 0.29) is 30.1 Å². The van der Waals surface area contributed by atoms with Crippen molar-refractivity contribution < 1.29 is 14.4 Å². The Labute approximate surface area is 117 Å². The van der Waals surface area contributed by atoms with Gasteiger partial charge in [-0.3, -0.25) is 14.4 Å². The summed E-state index contributed by atoms with van der Waals surface area (Å²) in [4.78, 5) is 34.5. The number of anilines is 1. The molecular weight excluding hydrogens is 256 g/mol. The molecule has 0 spiro atoms. The number of benzene rings is 1. The molecule has 2 amide bonds. The van der Waals surface area contributed by atoms with Gasteiger partial charge >= 0.3 is 0 Å². The molecule has 5 nitrogen and oxygen atoms in total. The van der Waals surface area contributed by atoms with E-state index in [1.807, 2.05) is 0 Å². The van der Waals surface area contributed by atoms with Gasteiger partial charge in [-0.2, -0.15) is 0 Å². The van der Waals surface area contributed by atoms with Crippen LogP contribution in [0.1, 0.15) is 36.5 Å². The number of carbonyl (C=O) groups excluding carboxylic acids is 3. The number of nitrogens with one attached hydrogen (secondary N) is 2. The Morgan fingerprint density at radius 2 is 2.00 bits per heavy atom. The molecule has 0 unspecified atom stereocenters. The number of carbonyl (C=O) groups is 3. The molecule has 1 aliphatic rings. The Balaban J connectivity index is 1.83.